The molecule has 3 rings (SSSR count). The molecule has 0 aliphatic rings. The molecule has 0 N–H and O–H groups in total. The summed E-state index contributed by atoms with van der Waals surface area (Å²) in [6, 6.07) is 14.6. The van der Waals surface area contributed by atoms with Gasteiger partial charge >= 0.3 is 11.9 Å². The van der Waals surface area contributed by atoms with Crippen LogP contribution in [0.5, 0.6) is 0 Å². The average molecular weight is 409 g/mol. The minimum absolute atomic E-state index is 0.00706. The van der Waals surface area contributed by atoms with Gasteiger partial charge in [0.2, 0.25) is 5.69 Å². The van der Waals surface area contributed by atoms with Gasteiger partial charge in [-0.1, -0.05) is 53.7 Å². The van der Waals surface area contributed by atoms with Gasteiger partial charge in [-0.2, -0.15) is 0 Å². The Labute approximate surface area is 172 Å². The van der Waals surface area contributed by atoms with Crippen LogP contribution in [0.15, 0.2) is 58.5 Å². The van der Waals surface area contributed by atoms with Gasteiger partial charge in [0, 0.05) is 10.5 Å². The molecule has 7 nitrogen and oxygen atoms in total. The van der Waals surface area contributed by atoms with Gasteiger partial charge in [0.05, 0.1) is 19.3 Å². The molecule has 0 aliphatic heterocycles. The van der Waals surface area contributed by atoms with Crippen molar-refractivity contribution in [2.24, 2.45) is 0 Å². The van der Waals surface area contributed by atoms with Gasteiger partial charge in [-0.25, -0.2) is 14.6 Å². The molecule has 0 aliphatic carbocycles. The van der Waals surface area contributed by atoms with Crippen molar-refractivity contribution in [1.29, 1.82) is 0 Å². The van der Waals surface area contributed by atoms with Crippen LogP contribution in [-0.4, -0.2) is 40.8 Å². The molecular formula is C21H19N3O4S. The molecule has 1 aromatic heterocycles. The van der Waals surface area contributed by atoms with Gasteiger partial charge < -0.3 is 9.47 Å². The fraction of sp³-hybridized carbons (Fsp3) is 0.190. The Morgan fingerprint density at radius 1 is 1.00 bits per heavy atom. The summed E-state index contributed by atoms with van der Waals surface area (Å²) in [5.74, 6) is -0.733. The first-order valence-electron chi connectivity index (χ1n) is 8.87. The molecular weight excluding hydrogens is 390 g/mol. The molecule has 0 atom stereocenters. The van der Waals surface area contributed by atoms with Gasteiger partial charge in [-0.15, -0.1) is 10.2 Å². The van der Waals surface area contributed by atoms with Gasteiger partial charge in [0.15, 0.2) is 5.82 Å². The lowest BCUT2D eigenvalue weighted by Gasteiger charge is -2.10. The first-order chi connectivity index (χ1) is 14.0. The molecule has 0 unspecified atom stereocenters. The second kappa shape index (κ2) is 9.29. The molecule has 0 spiro atoms. The smallest absolute Gasteiger partial charge is 0.361 e. The van der Waals surface area contributed by atoms with Crippen molar-refractivity contribution in [2.75, 3.05) is 13.7 Å². The van der Waals surface area contributed by atoms with Crippen LogP contribution < -0.4 is 0 Å². The standard InChI is InChI=1S/C21H19N3O4S/c1-4-28-21(26)17-19(29-16-8-6-5-7-15(16)20(25)27-3)22-18(24-23-17)14-11-9-13(2)10-12-14/h5-12H,4H2,1-3H3. The molecule has 0 saturated carbocycles. The first kappa shape index (κ1) is 20.5. The van der Waals surface area contributed by atoms with E-state index < -0.39 is 11.9 Å². The number of benzene rings is 2. The summed E-state index contributed by atoms with van der Waals surface area (Å²) >= 11 is 1.14. The number of hydrogen-bond acceptors (Lipinski definition) is 8. The van der Waals surface area contributed by atoms with Crippen LogP contribution in [0.1, 0.15) is 33.3 Å². The lowest BCUT2D eigenvalue weighted by atomic mass is 10.1. The van der Waals surface area contributed by atoms with E-state index in [1.165, 1.54) is 7.11 Å². The first-order valence-corrected chi connectivity index (χ1v) is 9.69. The average Bonchev–Trinajstić information content (AvgIpc) is 2.74. The largest absolute Gasteiger partial charge is 0.465 e. The Morgan fingerprint density at radius 3 is 2.41 bits per heavy atom. The Hall–Kier alpha value is -3.26. The van der Waals surface area contributed by atoms with Crippen molar-refractivity contribution in [2.45, 2.75) is 23.8 Å². The van der Waals surface area contributed by atoms with Crippen molar-refractivity contribution in [3.05, 3.63) is 65.4 Å². The number of ether oxygens (including phenoxy) is 2. The zero-order chi connectivity index (χ0) is 20.8. The second-order valence-electron chi connectivity index (χ2n) is 5.97. The number of esters is 2. The number of rotatable bonds is 6. The van der Waals surface area contributed by atoms with E-state index in [0.29, 0.717) is 21.3 Å². The van der Waals surface area contributed by atoms with Crippen molar-refractivity contribution in [1.82, 2.24) is 15.2 Å². The molecule has 3 aromatic rings. The molecule has 29 heavy (non-hydrogen) atoms. The van der Waals surface area contributed by atoms with Gasteiger partial charge in [-0.3, -0.25) is 0 Å². The van der Waals surface area contributed by atoms with Crippen molar-refractivity contribution < 1.29 is 19.1 Å². The predicted octanol–water partition coefficient (Wildman–Crippen LogP) is 3.96. The van der Waals surface area contributed by atoms with E-state index >= 15 is 0 Å². The molecule has 8 heteroatoms. The molecule has 0 radical (unpaired) electrons. The van der Waals surface area contributed by atoms with Gasteiger partial charge in [0.1, 0.15) is 5.03 Å². The quantitative estimate of drug-likeness (QED) is 0.565. The SMILES string of the molecule is CCOC(=O)c1nnc(-c2ccc(C)cc2)nc1Sc1ccccc1C(=O)OC. The topological polar surface area (TPSA) is 91.3 Å². The summed E-state index contributed by atoms with van der Waals surface area (Å²) < 4.78 is 9.92. The Bertz CT molecular complexity index is 1040. The number of aromatic nitrogens is 3. The third-order valence-corrected chi connectivity index (χ3v) is 4.99. The van der Waals surface area contributed by atoms with Gasteiger partial charge in [0.25, 0.3) is 0 Å². The number of carbonyl (C=O) groups is 2. The molecule has 1 heterocycles. The zero-order valence-corrected chi connectivity index (χ0v) is 17.0. The lowest BCUT2D eigenvalue weighted by Crippen LogP contribution is -2.12. The second-order valence-corrected chi connectivity index (χ2v) is 7.00. The molecule has 0 saturated heterocycles. The molecule has 0 fully saturated rings. The van der Waals surface area contributed by atoms with Crippen LogP contribution in [0, 0.1) is 6.92 Å². The Morgan fingerprint density at radius 2 is 1.72 bits per heavy atom. The van der Waals surface area contributed by atoms with Crippen LogP contribution in [0.4, 0.5) is 0 Å². The fourth-order valence-corrected chi connectivity index (χ4v) is 3.44. The molecule has 148 valence electrons. The van der Waals surface area contributed by atoms with E-state index in [0.717, 1.165) is 22.9 Å². The van der Waals surface area contributed by atoms with E-state index in [4.69, 9.17) is 9.47 Å². The van der Waals surface area contributed by atoms with Crippen molar-refractivity contribution in [3.63, 3.8) is 0 Å². The molecule has 2 aromatic carbocycles. The number of carbonyl (C=O) groups excluding carboxylic acids is 2. The molecule has 0 bridgehead atoms. The van der Waals surface area contributed by atoms with E-state index in [9.17, 15) is 9.59 Å². The van der Waals surface area contributed by atoms with E-state index in [-0.39, 0.29) is 12.3 Å². The predicted molar refractivity (Wildman–Crippen MR) is 108 cm³/mol. The maximum atomic E-state index is 12.4. The monoisotopic (exact) mass is 409 g/mol. The Balaban J connectivity index is 2.07. The number of hydrogen-bond donors (Lipinski definition) is 0. The highest BCUT2D eigenvalue weighted by Gasteiger charge is 2.22. The summed E-state index contributed by atoms with van der Waals surface area (Å²) in [6.45, 7) is 3.89. The van der Waals surface area contributed by atoms with Crippen LogP contribution >= 0.6 is 11.8 Å². The van der Waals surface area contributed by atoms with E-state index in [1.54, 1.807) is 31.2 Å². The normalized spacial score (nSPS) is 10.4. The molecule has 0 amide bonds. The lowest BCUT2D eigenvalue weighted by molar-refractivity contribution is 0.0511. The third-order valence-electron chi connectivity index (χ3n) is 3.93. The zero-order valence-electron chi connectivity index (χ0n) is 16.2. The summed E-state index contributed by atoms with van der Waals surface area (Å²) in [7, 11) is 1.32. The summed E-state index contributed by atoms with van der Waals surface area (Å²) in [4.78, 5) is 29.6. The van der Waals surface area contributed by atoms with Crippen LogP contribution in [0.3, 0.4) is 0 Å². The highest BCUT2D eigenvalue weighted by Crippen LogP contribution is 2.32. The summed E-state index contributed by atoms with van der Waals surface area (Å²) in [5, 5.41) is 8.45. The maximum Gasteiger partial charge on any atom is 0.361 e. The third kappa shape index (κ3) is 4.78. The van der Waals surface area contributed by atoms with Crippen molar-refractivity contribution in [3.8, 4) is 11.4 Å². The van der Waals surface area contributed by atoms with E-state index in [1.807, 2.05) is 31.2 Å². The maximum absolute atomic E-state index is 12.4. The number of aryl methyl sites for hydroxylation is 1. The van der Waals surface area contributed by atoms with E-state index in [2.05, 4.69) is 15.2 Å². The Kier molecular flexibility index (Phi) is 6.56. The highest BCUT2D eigenvalue weighted by molar-refractivity contribution is 7.99. The number of methoxy groups -OCH3 is 1. The summed E-state index contributed by atoms with van der Waals surface area (Å²) in [6.07, 6.45) is 0. The highest BCUT2D eigenvalue weighted by atomic mass is 32.2. The summed E-state index contributed by atoms with van der Waals surface area (Å²) in [5.41, 5.74) is 2.23. The van der Waals surface area contributed by atoms with Crippen LogP contribution in [-0.2, 0) is 9.47 Å². The van der Waals surface area contributed by atoms with Crippen LogP contribution in [0.2, 0.25) is 0 Å². The minimum atomic E-state index is -0.624. The van der Waals surface area contributed by atoms with Crippen LogP contribution in [0.25, 0.3) is 11.4 Å². The van der Waals surface area contributed by atoms with Gasteiger partial charge in [-0.05, 0) is 26.0 Å². The number of nitrogens with zero attached hydrogens (tertiary/aromatic N) is 3. The fourth-order valence-electron chi connectivity index (χ4n) is 2.47. The van der Waals surface area contributed by atoms with Crippen molar-refractivity contribution >= 4 is 23.7 Å². The minimum Gasteiger partial charge on any atom is -0.465 e.